The molecule has 140 valence electrons. The van der Waals surface area contributed by atoms with Gasteiger partial charge in [-0.3, -0.25) is 10.1 Å². The monoisotopic (exact) mass is 373 g/mol. The first-order chi connectivity index (χ1) is 11.9. The van der Waals surface area contributed by atoms with Gasteiger partial charge in [0.25, 0.3) is 5.69 Å². The third kappa shape index (κ3) is 4.66. The minimum atomic E-state index is -3.88. The molecule has 1 aromatic carbocycles. The van der Waals surface area contributed by atoms with E-state index in [1.54, 1.807) is 0 Å². The van der Waals surface area contributed by atoms with E-state index in [2.05, 4.69) is 0 Å². The van der Waals surface area contributed by atoms with Crippen molar-refractivity contribution in [3.63, 3.8) is 0 Å². The number of methoxy groups -OCH3 is 1. The lowest BCUT2D eigenvalue weighted by atomic mass is 10.1. The quantitative estimate of drug-likeness (QED) is 0.411. The van der Waals surface area contributed by atoms with Crippen LogP contribution in [0.2, 0.25) is 0 Å². The van der Waals surface area contributed by atoms with Crippen LogP contribution in [0.4, 0.5) is 5.69 Å². The van der Waals surface area contributed by atoms with Crippen LogP contribution in [-0.4, -0.2) is 57.1 Å². The van der Waals surface area contributed by atoms with Crippen LogP contribution < -0.4 is 10.5 Å². The smallest absolute Gasteiger partial charge is 0.271 e. The number of ether oxygens (including phenoxy) is 2. The maximum atomic E-state index is 12.9. The number of rotatable bonds is 8. The number of hydrogen-bond donors (Lipinski definition) is 1. The van der Waals surface area contributed by atoms with E-state index in [4.69, 9.17) is 15.2 Å². The molecule has 0 spiro atoms. The maximum Gasteiger partial charge on any atom is 0.271 e. The number of piperidine rings is 1. The van der Waals surface area contributed by atoms with Gasteiger partial charge in [0, 0.05) is 31.8 Å². The molecule has 1 saturated heterocycles. The lowest BCUT2D eigenvalue weighted by Gasteiger charge is -2.31. The number of hydrogen-bond acceptors (Lipinski definition) is 7. The Morgan fingerprint density at radius 1 is 1.36 bits per heavy atom. The SMILES string of the molecule is COc1ccc([N+](=O)[O-])cc1S(=O)(=O)N1CCC(OCCCN)CC1. The summed E-state index contributed by atoms with van der Waals surface area (Å²) in [4.78, 5) is 10.1. The lowest BCUT2D eigenvalue weighted by Crippen LogP contribution is -2.41. The summed E-state index contributed by atoms with van der Waals surface area (Å²) in [5.41, 5.74) is 5.13. The predicted octanol–water partition coefficient (Wildman–Crippen LogP) is 1.12. The number of benzene rings is 1. The fraction of sp³-hybridized carbons (Fsp3) is 0.600. The summed E-state index contributed by atoms with van der Waals surface area (Å²) in [6.07, 6.45) is 1.91. The van der Waals surface area contributed by atoms with Gasteiger partial charge in [0.1, 0.15) is 10.6 Å². The minimum Gasteiger partial charge on any atom is -0.495 e. The van der Waals surface area contributed by atoms with Crippen LogP contribution in [0.1, 0.15) is 19.3 Å². The molecule has 1 aromatic rings. The van der Waals surface area contributed by atoms with Crippen molar-refractivity contribution in [2.24, 2.45) is 5.73 Å². The summed E-state index contributed by atoms with van der Waals surface area (Å²) in [5, 5.41) is 11.0. The number of nitrogens with two attached hydrogens (primary N) is 1. The Kier molecular flexibility index (Phi) is 6.71. The second kappa shape index (κ2) is 8.56. The minimum absolute atomic E-state index is 0.00463. The van der Waals surface area contributed by atoms with E-state index in [0.717, 1.165) is 12.5 Å². The van der Waals surface area contributed by atoms with Crippen molar-refractivity contribution < 1.29 is 22.8 Å². The molecule has 2 N–H and O–H groups in total. The zero-order chi connectivity index (χ0) is 18.4. The van der Waals surface area contributed by atoms with Crippen molar-refractivity contribution in [3.05, 3.63) is 28.3 Å². The first-order valence-corrected chi connectivity index (χ1v) is 9.48. The van der Waals surface area contributed by atoms with E-state index in [1.807, 2.05) is 0 Å². The lowest BCUT2D eigenvalue weighted by molar-refractivity contribution is -0.385. The molecule has 0 radical (unpaired) electrons. The second-order valence-corrected chi connectivity index (χ2v) is 7.62. The van der Waals surface area contributed by atoms with Crippen LogP contribution in [0, 0.1) is 10.1 Å². The molecule has 1 aliphatic rings. The Labute approximate surface area is 146 Å². The van der Waals surface area contributed by atoms with E-state index in [-0.39, 0.29) is 22.4 Å². The highest BCUT2D eigenvalue weighted by Gasteiger charge is 2.33. The summed E-state index contributed by atoms with van der Waals surface area (Å²) in [6.45, 7) is 1.70. The maximum absolute atomic E-state index is 12.9. The van der Waals surface area contributed by atoms with Crippen LogP contribution in [0.15, 0.2) is 23.1 Å². The standard InChI is InChI=1S/C15H23N3O6S/c1-23-14-4-3-12(18(19)20)11-15(14)25(21,22)17-8-5-13(6-9-17)24-10-2-7-16/h3-4,11,13H,2,5-10,16H2,1H3. The Morgan fingerprint density at radius 3 is 2.60 bits per heavy atom. The fourth-order valence-corrected chi connectivity index (χ4v) is 4.34. The number of nitro groups is 1. The van der Waals surface area contributed by atoms with Gasteiger partial charge in [-0.15, -0.1) is 0 Å². The fourth-order valence-electron chi connectivity index (χ4n) is 2.69. The molecular formula is C15H23N3O6S. The second-order valence-electron chi connectivity index (χ2n) is 5.71. The molecule has 1 fully saturated rings. The highest BCUT2D eigenvalue weighted by Crippen LogP contribution is 2.32. The summed E-state index contributed by atoms with van der Waals surface area (Å²) in [5.74, 6) is 0.0897. The largest absolute Gasteiger partial charge is 0.495 e. The van der Waals surface area contributed by atoms with Gasteiger partial charge < -0.3 is 15.2 Å². The zero-order valence-electron chi connectivity index (χ0n) is 14.1. The Bertz CT molecular complexity index is 701. The van der Waals surface area contributed by atoms with Gasteiger partial charge in [0.05, 0.1) is 18.1 Å². The van der Waals surface area contributed by atoms with E-state index in [0.29, 0.717) is 39.1 Å². The Balaban J connectivity index is 2.14. The number of nitrogens with zero attached hydrogens (tertiary/aromatic N) is 2. The molecule has 9 nitrogen and oxygen atoms in total. The van der Waals surface area contributed by atoms with E-state index >= 15 is 0 Å². The average Bonchev–Trinajstić information content (AvgIpc) is 2.61. The van der Waals surface area contributed by atoms with Gasteiger partial charge in [-0.1, -0.05) is 0 Å². The van der Waals surface area contributed by atoms with Crippen LogP contribution in [0.25, 0.3) is 0 Å². The summed E-state index contributed by atoms with van der Waals surface area (Å²) in [6, 6.07) is 3.56. The molecule has 25 heavy (non-hydrogen) atoms. The molecule has 0 atom stereocenters. The van der Waals surface area contributed by atoms with Gasteiger partial charge >= 0.3 is 0 Å². The molecular weight excluding hydrogens is 350 g/mol. The number of sulfonamides is 1. The van der Waals surface area contributed by atoms with Crippen molar-refractivity contribution in [2.75, 3.05) is 33.4 Å². The highest BCUT2D eigenvalue weighted by atomic mass is 32.2. The van der Waals surface area contributed by atoms with Crippen molar-refractivity contribution in [2.45, 2.75) is 30.3 Å². The van der Waals surface area contributed by atoms with Crippen molar-refractivity contribution in [1.82, 2.24) is 4.31 Å². The first kappa shape index (κ1) is 19.6. The van der Waals surface area contributed by atoms with Crippen molar-refractivity contribution in [3.8, 4) is 5.75 Å². The summed E-state index contributed by atoms with van der Waals surface area (Å²) >= 11 is 0. The third-order valence-corrected chi connectivity index (χ3v) is 6.00. The van der Waals surface area contributed by atoms with Crippen molar-refractivity contribution in [1.29, 1.82) is 0 Å². The molecule has 1 heterocycles. The van der Waals surface area contributed by atoms with Crippen LogP contribution >= 0.6 is 0 Å². The van der Waals surface area contributed by atoms with Crippen molar-refractivity contribution >= 4 is 15.7 Å². The zero-order valence-corrected chi connectivity index (χ0v) is 14.9. The molecule has 0 aliphatic carbocycles. The van der Waals surface area contributed by atoms with E-state index in [9.17, 15) is 18.5 Å². The molecule has 0 aromatic heterocycles. The molecule has 2 rings (SSSR count). The highest BCUT2D eigenvalue weighted by molar-refractivity contribution is 7.89. The summed E-state index contributed by atoms with van der Waals surface area (Å²) < 4.78 is 37.8. The molecule has 10 heteroatoms. The topological polar surface area (TPSA) is 125 Å². The molecule has 1 aliphatic heterocycles. The summed E-state index contributed by atoms with van der Waals surface area (Å²) in [7, 11) is -2.55. The van der Waals surface area contributed by atoms with Gasteiger partial charge in [0.15, 0.2) is 0 Å². The van der Waals surface area contributed by atoms with Crippen LogP contribution in [-0.2, 0) is 14.8 Å². The third-order valence-electron chi connectivity index (χ3n) is 4.08. The Morgan fingerprint density at radius 2 is 2.04 bits per heavy atom. The number of nitro benzene ring substituents is 1. The predicted molar refractivity (Wildman–Crippen MR) is 91.1 cm³/mol. The van der Waals surface area contributed by atoms with Crippen LogP contribution in [0.5, 0.6) is 5.75 Å². The number of non-ortho nitro benzene ring substituents is 1. The first-order valence-electron chi connectivity index (χ1n) is 8.04. The van der Waals surface area contributed by atoms with Gasteiger partial charge in [-0.2, -0.15) is 4.31 Å². The Hall–Kier alpha value is -1.75. The van der Waals surface area contributed by atoms with E-state index in [1.165, 1.54) is 23.5 Å². The average molecular weight is 373 g/mol. The van der Waals surface area contributed by atoms with Gasteiger partial charge in [0.2, 0.25) is 10.0 Å². The molecule has 0 amide bonds. The van der Waals surface area contributed by atoms with E-state index < -0.39 is 14.9 Å². The molecule has 0 bridgehead atoms. The van der Waals surface area contributed by atoms with Gasteiger partial charge in [-0.05, 0) is 31.9 Å². The molecule has 0 unspecified atom stereocenters. The normalized spacial score (nSPS) is 16.7. The van der Waals surface area contributed by atoms with Gasteiger partial charge in [-0.25, -0.2) is 8.42 Å². The van der Waals surface area contributed by atoms with Crippen LogP contribution in [0.3, 0.4) is 0 Å². The molecule has 0 saturated carbocycles.